The number of rotatable bonds is 5. The molecule has 7 aromatic carbocycles. The van der Waals surface area contributed by atoms with Crippen molar-refractivity contribution in [3.05, 3.63) is 151 Å². The summed E-state index contributed by atoms with van der Waals surface area (Å²) >= 11 is 0. The Morgan fingerprint density at radius 2 is 0.965 bits per heavy atom. The van der Waals surface area contributed by atoms with Crippen molar-refractivity contribution in [1.82, 2.24) is 15.0 Å². The molecule has 4 saturated carbocycles. The zero-order valence-electron chi connectivity index (χ0n) is 31.5. The minimum atomic E-state index is 0.319. The van der Waals surface area contributed by atoms with Gasteiger partial charge in [0.2, 0.25) is 0 Å². The highest BCUT2D eigenvalue weighted by atomic mass is 16.3. The van der Waals surface area contributed by atoms with Crippen molar-refractivity contribution in [2.75, 3.05) is 0 Å². The maximum absolute atomic E-state index is 9.54. The minimum Gasteiger partial charge on any atom is -0.456 e. The molecule has 13 rings (SSSR count). The normalized spacial score (nSPS) is 21.1. The molecule has 2 heterocycles. The first-order chi connectivity index (χ1) is 28.1. The molecule has 4 bridgehead atoms. The standard InChI is InChI=1S/C52H38N4O/c53-30-31-13-15-35(16-14-31)47-41-8-1-3-10-43(41)48(44-11-4-2-9-42(44)47)51-55-49(36-17-20-38(21-18-36)52-27-32-23-33(28-52)25-34(24-32)29-52)54-50(56-51)37-19-22-40-39-7-5-6-12-45(39)57-46(40)26-37/h1-22,26,32-34H,23-25,27-29H2/t32-,33+,34-,52?. The molecule has 0 saturated heterocycles. The van der Waals surface area contributed by atoms with E-state index < -0.39 is 0 Å². The third-order valence-corrected chi connectivity index (χ3v) is 13.5. The molecule has 2 aromatic heterocycles. The Labute approximate surface area is 330 Å². The molecule has 0 spiro atoms. The first kappa shape index (κ1) is 32.6. The van der Waals surface area contributed by atoms with Crippen LogP contribution in [0.2, 0.25) is 0 Å². The topological polar surface area (TPSA) is 75.6 Å². The van der Waals surface area contributed by atoms with Gasteiger partial charge in [0.25, 0.3) is 0 Å². The molecule has 0 N–H and O–H groups in total. The van der Waals surface area contributed by atoms with E-state index in [0.717, 1.165) is 89.1 Å². The average Bonchev–Trinajstić information content (AvgIpc) is 3.63. The number of hydrogen-bond donors (Lipinski definition) is 0. The predicted octanol–water partition coefficient (Wildman–Crippen LogP) is 13.1. The highest BCUT2D eigenvalue weighted by molar-refractivity contribution is 6.20. The fourth-order valence-corrected chi connectivity index (χ4v) is 11.4. The predicted molar refractivity (Wildman–Crippen MR) is 228 cm³/mol. The van der Waals surface area contributed by atoms with Crippen LogP contribution in [-0.2, 0) is 5.41 Å². The number of furan rings is 1. The molecule has 272 valence electrons. The van der Waals surface area contributed by atoms with Crippen LogP contribution in [0.15, 0.2) is 144 Å². The zero-order valence-corrected chi connectivity index (χ0v) is 31.5. The lowest BCUT2D eigenvalue weighted by Crippen LogP contribution is -2.48. The number of para-hydroxylation sites is 1. The van der Waals surface area contributed by atoms with E-state index in [2.05, 4.69) is 103 Å². The average molecular weight is 735 g/mol. The van der Waals surface area contributed by atoms with Crippen LogP contribution in [-0.4, -0.2) is 15.0 Å². The minimum absolute atomic E-state index is 0.319. The van der Waals surface area contributed by atoms with Gasteiger partial charge in [-0.05, 0) is 130 Å². The fourth-order valence-electron chi connectivity index (χ4n) is 11.4. The van der Waals surface area contributed by atoms with Gasteiger partial charge in [-0.25, -0.2) is 15.0 Å². The summed E-state index contributed by atoms with van der Waals surface area (Å²) in [6.45, 7) is 0. The summed E-state index contributed by atoms with van der Waals surface area (Å²) in [5.74, 6) is 4.56. The summed E-state index contributed by atoms with van der Waals surface area (Å²) in [5, 5.41) is 16.0. The van der Waals surface area contributed by atoms with Gasteiger partial charge in [-0.2, -0.15) is 5.26 Å². The van der Waals surface area contributed by atoms with Gasteiger partial charge in [-0.15, -0.1) is 0 Å². The van der Waals surface area contributed by atoms with Gasteiger partial charge < -0.3 is 4.42 Å². The fraction of sp³-hybridized carbons (Fsp3) is 0.192. The largest absolute Gasteiger partial charge is 0.456 e. The SMILES string of the molecule is N#Cc1ccc(-c2c3ccccc3c(-c3nc(-c4ccc(C56C[C@H]7C[C@@H](C5)C[C@@H](C6)C7)cc4)nc(-c4ccc5c(c4)oc4ccccc45)n3)c3ccccc23)cc1. The van der Waals surface area contributed by atoms with Gasteiger partial charge in [0.1, 0.15) is 11.2 Å². The van der Waals surface area contributed by atoms with Gasteiger partial charge in [0.15, 0.2) is 17.5 Å². The van der Waals surface area contributed by atoms with Gasteiger partial charge in [-0.1, -0.05) is 109 Å². The van der Waals surface area contributed by atoms with Gasteiger partial charge in [-0.3, -0.25) is 0 Å². The zero-order chi connectivity index (χ0) is 37.7. The Kier molecular flexibility index (Phi) is 7.11. The quantitative estimate of drug-likeness (QED) is 0.165. The Balaban J connectivity index is 1.07. The Hall–Kier alpha value is -6.64. The third-order valence-electron chi connectivity index (χ3n) is 13.5. The first-order valence-electron chi connectivity index (χ1n) is 20.3. The molecule has 4 aliphatic carbocycles. The van der Waals surface area contributed by atoms with Crippen LogP contribution in [0.4, 0.5) is 0 Å². The Morgan fingerprint density at radius 3 is 1.58 bits per heavy atom. The summed E-state index contributed by atoms with van der Waals surface area (Å²) in [5.41, 5.74) is 9.13. The molecular formula is C52H38N4O. The van der Waals surface area contributed by atoms with Crippen molar-refractivity contribution >= 4 is 43.5 Å². The monoisotopic (exact) mass is 734 g/mol. The van der Waals surface area contributed by atoms with E-state index in [4.69, 9.17) is 19.4 Å². The lowest BCUT2D eigenvalue weighted by molar-refractivity contribution is -0.00518. The summed E-state index contributed by atoms with van der Waals surface area (Å²) in [6, 6.07) is 50.9. The maximum atomic E-state index is 9.54. The van der Waals surface area contributed by atoms with E-state index in [1.54, 1.807) is 0 Å². The summed E-state index contributed by atoms with van der Waals surface area (Å²) < 4.78 is 6.35. The van der Waals surface area contributed by atoms with Gasteiger partial charge >= 0.3 is 0 Å². The number of nitriles is 1. The molecule has 0 unspecified atom stereocenters. The molecular weight excluding hydrogens is 697 g/mol. The van der Waals surface area contributed by atoms with E-state index in [9.17, 15) is 5.26 Å². The molecule has 0 aliphatic heterocycles. The molecule has 5 heteroatoms. The summed E-state index contributed by atoms with van der Waals surface area (Å²) in [7, 11) is 0. The third kappa shape index (κ3) is 5.17. The van der Waals surface area contributed by atoms with Crippen LogP contribution < -0.4 is 0 Å². The smallest absolute Gasteiger partial charge is 0.165 e. The highest BCUT2D eigenvalue weighted by Crippen LogP contribution is 2.60. The lowest BCUT2D eigenvalue weighted by atomic mass is 9.48. The van der Waals surface area contributed by atoms with E-state index in [1.165, 1.54) is 44.1 Å². The second-order valence-electron chi connectivity index (χ2n) is 16.9. The van der Waals surface area contributed by atoms with Crippen molar-refractivity contribution in [3.63, 3.8) is 0 Å². The Morgan fingerprint density at radius 1 is 0.474 bits per heavy atom. The number of hydrogen-bond acceptors (Lipinski definition) is 5. The van der Waals surface area contributed by atoms with Crippen LogP contribution >= 0.6 is 0 Å². The summed E-state index contributed by atoms with van der Waals surface area (Å²) in [6.07, 6.45) is 8.31. The van der Waals surface area contributed by atoms with Crippen molar-refractivity contribution in [3.8, 4) is 51.4 Å². The molecule has 4 aliphatic rings. The van der Waals surface area contributed by atoms with Crippen LogP contribution in [0.3, 0.4) is 0 Å². The second kappa shape index (κ2) is 12.4. The van der Waals surface area contributed by atoms with Crippen molar-refractivity contribution in [1.29, 1.82) is 5.26 Å². The van der Waals surface area contributed by atoms with E-state index in [0.29, 0.717) is 28.5 Å². The molecule has 0 atom stereocenters. The van der Waals surface area contributed by atoms with E-state index in [1.807, 2.05) is 42.5 Å². The number of benzene rings is 7. The summed E-state index contributed by atoms with van der Waals surface area (Å²) in [4.78, 5) is 15.9. The molecule has 9 aromatic rings. The first-order valence-corrected chi connectivity index (χ1v) is 20.3. The van der Waals surface area contributed by atoms with Crippen molar-refractivity contribution in [2.24, 2.45) is 17.8 Å². The second-order valence-corrected chi connectivity index (χ2v) is 16.9. The molecule has 0 radical (unpaired) electrons. The molecule has 57 heavy (non-hydrogen) atoms. The molecule has 5 nitrogen and oxygen atoms in total. The van der Waals surface area contributed by atoms with Crippen LogP contribution in [0, 0.1) is 29.1 Å². The van der Waals surface area contributed by atoms with E-state index in [-0.39, 0.29) is 0 Å². The van der Waals surface area contributed by atoms with Crippen LogP contribution in [0.1, 0.15) is 49.7 Å². The van der Waals surface area contributed by atoms with E-state index >= 15 is 0 Å². The van der Waals surface area contributed by atoms with Gasteiger partial charge in [0, 0.05) is 27.5 Å². The molecule has 4 fully saturated rings. The van der Waals surface area contributed by atoms with Crippen LogP contribution in [0.5, 0.6) is 0 Å². The van der Waals surface area contributed by atoms with Crippen molar-refractivity contribution in [2.45, 2.75) is 43.9 Å². The lowest BCUT2D eigenvalue weighted by Gasteiger charge is -2.57. The van der Waals surface area contributed by atoms with Gasteiger partial charge in [0.05, 0.1) is 11.6 Å². The maximum Gasteiger partial charge on any atom is 0.165 e. The van der Waals surface area contributed by atoms with Crippen LogP contribution in [0.25, 0.3) is 88.8 Å². The number of nitrogens with zero attached hydrogens (tertiary/aromatic N) is 4. The number of aromatic nitrogens is 3. The van der Waals surface area contributed by atoms with Crippen molar-refractivity contribution < 1.29 is 4.42 Å². The number of fused-ring (bicyclic) bond motifs is 5. The highest BCUT2D eigenvalue weighted by Gasteiger charge is 2.51. The molecule has 0 amide bonds. The Bertz CT molecular complexity index is 3020.